The van der Waals surface area contributed by atoms with Gasteiger partial charge in [-0.15, -0.1) is 11.3 Å². The van der Waals surface area contributed by atoms with E-state index in [9.17, 15) is 4.79 Å². The standard InChI is InChI=1S/C24H20N4O3S/c1-30-18-9-7-17(8-10-18)21-13-20(16-5-3-2-4-6-16)27-28(21)22(29)14-31-23-19-11-12-32-24(19)26-15-25-23/h2-12,15,21H,13-14H2,1H3/t21-/m0/s1. The van der Waals surface area contributed by atoms with Crippen LogP contribution >= 0.6 is 11.3 Å². The number of amides is 1. The molecule has 0 bridgehead atoms. The molecule has 32 heavy (non-hydrogen) atoms. The van der Waals surface area contributed by atoms with E-state index in [1.165, 1.54) is 22.7 Å². The average Bonchev–Trinajstić information content (AvgIpc) is 3.51. The van der Waals surface area contributed by atoms with Crippen molar-refractivity contribution in [2.75, 3.05) is 13.7 Å². The van der Waals surface area contributed by atoms with Gasteiger partial charge in [0.15, 0.2) is 6.61 Å². The van der Waals surface area contributed by atoms with Crippen molar-refractivity contribution in [3.8, 4) is 11.6 Å². The van der Waals surface area contributed by atoms with E-state index < -0.39 is 0 Å². The van der Waals surface area contributed by atoms with E-state index >= 15 is 0 Å². The number of aromatic nitrogens is 2. The van der Waals surface area contributed by atoms with Gasteiger partial charge in [0.05, 0.1) is 24.2 Å². The van der Waals surface area contributed by atoms with Crippen molar-refractivity contribution >= 4 is 33.2 Å². The normalized spacial score (nSPS) is 15.6. The van der Waals surface area contributed by atoms with Crippen molar-refractivity contribution in [3.05, 3.63) is 83.5 Å². The Morgan fingerprint density at radius 2 is 1.91 bits per heavy atom. The molecule has 1 amide bonds. The molecule has 0 fully saturated rings. The van der Waals surface area contributed by atoms with Crippen LogP contribution < -0.4 is 9.47 Å². The van der Waals surface area contributed by atoms with Crippen molar-refractivity contribution < 1.29 is 14.3 Å². The summed E-state index contributed by atoms with van der Waals surface area (Å²) in [6.07, 6.45) is 2.06. The molecule has 0 N–H and O–H groups in total. The lowest BCUT2D eigenvalue weighted by molar-refractivity contribution is -0.135. The zero-order valence-corrected chi connectivity index (χ0v) is 18.2. The molecule has 0 radical (unpaired) electrons. The minimum absolute atomic E-state index is 0.166. The van der Waals surface area contributed by atoms with Crippen LogP contribution in [0.3, 0.4) is 0 Å². The maximum Gasteiger partial charge on any atom is 0.281 e. The highest BCUT2D eigenvalue weighted by Gasteiger charge is 2.33. The van der Waals surface area contributed by atoms with Crippen molar-refractivity contribution in [1.29, 1.82) is 0 Å². The number of hydrogen-bond donors (Lipinski definition) is 0. The van der Waals surface area contributed by atoms with E-state index in [-0.39, 0.29) is 18.6 Å². The Bertz CT molecular complexity index is 1270. The van der Waals surface area contributed by atoms with Crippen LogP contribution in [0.2, 0.25) is 0 Å². The van der Waals surface area contributed by atoms with Crippen LogP contribution in [0.15, 0.2) is 77.5 Å². The molecular formula is C24H20N4O3S. The zero-order chi connectivity index (χ0) is 21.9. The number of methoxy groups -OCH3 is 1. The fraction of sp³-hybridized carbons (Fsp3) is 0.167. The van der Waals surface area contributed by atoms with Crippen LogP contribution in [0.5, 0.6) is 11.6 Å². The average molecular weight is 445 g/mol. The van der Waals surface area contributed by atoms with Gasteiger partial charge >= 0.3 is 0 Å². The van der Waals surface area contributed by atoms with E-state index in [2.05, 4.69) is 15.1 Å². The second kappa shape index (κ2) is 8.76. The summed E-state index contributed by atoms with van der Waals surface area (Å²) in [4.78, 5) is 22.4. The smallest absolute Gasteiger partial charge is 0.281 e. The fourth-order valence-electron chi connectivity index (χ4n) is 3.71. The number of carbonyl (C=O) groups is 1. The predicted molar refractivity (Wildman–Crippen MR) is 123 cm³/mol. The summed E-state index contributed by atoms with van der Waals surface area (Å²) >= 11 is 1.50. The van der Waals surface area contributed by atoms with Gasteiger partial charge in [0.25, 0.3) is 5.91 Å². The first-order chi connectivity index (χ1) is 15.7. The number of fused-ring (bicyclic) bond motifs is 1. The summed E-state index contributed by atoms with van der Waals surface area (Å²) in [5.41, 5.74) is 2.84. The summed E-state index contributed by atoms with van der Waals surface area (Å²) in [5.74, 6) is 0.927. The molecule has 0 saturated carbocycles. The van der Waals surface area contributed by atoms with Gasteiger partial charge in [0.2, 0.25) is 5.88 Å². The fourth-order valence-corrected chi connectivity index (χ4v) is 4.43. The summed E-state index contributed by atoms with van der Waals surface area (Å²) in [6, 6.07) is 19.3. The Morgan fingerprint density at radius 1 is 1.09 bits per heavy atom. The van der Waals surface area contributed by atoms with Gasteiger partial charge < -0.3 is 9.47 Å². The largest absolute Gasteiger partial charge is 0.497 e. The third-order valence-electron chi connectivity index (χ3n) is 5.33. The van der Waals surface area contributed by atoms with Gasteiger partial charge in [-0.05, 0) is 34.7 Å². The number of benzene rings is 2. The topological polar surface area (TPSA) is 76.9 Å². The molecule has 0 aliphatic carbocycles. The van der Waals surface area contributed by atoms with Crippen LogP contribution in [-0.4, -0.2) is 40.3 Å². The Hall–Kier alpha value is -3.78. The molecule has 2 aromatic carbocycles. The summed E-state index contributed by atoms with van der Waals surface area (Å²) in [5, 5.41) is 8.93. The molecular weight excluding hydrogens is 424 g/mol. The maximum absolute atomic E-state index is 13.2. The van der Waals surface area contributed by atoms with E-state index in [0.29, 0.717) is 12.3 Å². The van der Waals surface area contributed by atoms with Crippen LogP contribution in [0.1, 0.15) is 23.6 Å². The Balaban J connectivity index is 1.40. The molecule has 1 aliphatic heterocycles. The third-order valence-corrected chi connectivity index (χ3v) is 6.15. The highest BCUT2D eigenvalue weighted by atomic mass is 32.1. The maximum atomic E-state index is 13.2. The molecule has 5 rings (SSSR count). The molecule has 1 atom stereocenters. The molecule has 1 aliphatic rings. The Kier molecular flexibility index (Phi) is 5.51. The Labute approximate surface area is 189 Å². The lowest BCUT2D eigenvalue weighted by Crippen LogP contribution is -2.31. The molecule has 7 nitrogen and oxygen atoms in total. The van der Waals surface area contributed by atoms with Crippen molar-refractivity contribution in [1.82, 2.24) is 15.0 Å². The number of rotatable bonds is 6. The summed E-state index contributed by atoms with van der Waals surface area (Å²) < 4.78 is 11.1. The van der Waals surface area contributed by atoms with Gasteiger partial charge in [0, 0.05) is 6.42 Å². The number of thiophene rings is 1. The second-order valence-corrected chi connectivity index (χ2v) is 8.15. The van der Waals surface area contributed by atoms with Gasteiger partial charge in [-0.2, -0.15) is 5.10 Å². The molecule has 0 unspecified atom stereocenters. The monoisotopic (exact) mass is 444 g/mol. The number of ether oxygens (including phenoxy) is 2. The number of nitrogens with zero attached hydrogens (tertiary/aromatic N) is 4. The van der Waals surface area contributed by atoms with Crippen molar-refractivity contribution in [3.63, 3.8) is 0 Å². The third kappa shape index (κ3) is 3.92. The first-order valence-corrected chi connectivity index (χ1v) is 11.0. The molecule has 2 aromatic heterocycles. The van der Waals surface area contributed by atoms with Gasteiger partial charge in [0.1, 0.15) is 16.9 Å². The van der Waals surface area contributed by atoms with Crippen LogP contribution in [0.4, 0.5) is 0 Å². The van der Waals surface area contributed by atoms with E-state index in [4.69, 9.17) is 9.47 Å². The van der Waals surface area contributed by atoms with Gasteiger partial charge in [-0.1, -0.05) is 42.5 Å². The zero-order valence-electron chi connectivity index (χ0n) is 17.3. The minimum atomic E-state index is -0.237. The molecule has 0 saturated heterocycles. The molecule has 0 spiro atoms. The molecule has 160 valence electrons. The van der Waals surface area contributed by atoms with E-state index in [1.807, 2.05) is 66.0 Å². The molecule has 8 heteroatoms. The summed E-state index contributed by atoms with van der Waals surface area (Å²) in [6.45, 7) is -0.166. The van der Waals surface area contributed by atoms with Crippen molar-refractivity contribution in [2.45, 2.75) is 12.5 Å². The molecule has 3 heterocycles. The van der Waals surface area contributed by atoms with E-state index in [1.54, 1.807) is 7.11 Å². The summed E-state index contributed by atoms with van der Waals surface area (Å²) in [7, 11) is 1.63. The SMILES string of the molecule is COc1ccc([C@@H]2CC(c3ccccc3)=NN2C(=O)COc2ncnc3sccc23)cc1. The first kappa shape index (κ1) is 20.1. The van der Waals surface area contributed by atoms with Crippen LogP contribution in [-0.2, 0) is 4.79 Å². The van der Waals surface area contributed by atoms with Gasteiger partial charge in [-0.25, -0.2) is 15.0 Å². The van der Waals surface area contributed by atoms with E-state index in [0.717, 1.165) is 32.8 Å². The minimum Gasteiger partial charge on any atom is -0.497 e. The second-order valence-electron chi connectivity index (χ2n) is 7.25. The number of hydrogen-bond acceptors (Lipinski definition) is 7. The predicted octanol–water partition coefficient (Wildman–Crippen LogP) is 4.46. The Morgan fingerprint density at radius 3 is 2.69 bits per heavy atom. The van der Waals surface area contributed by atoms with Crippen LogP contribution in [0.25, 0.3) is 10.2 Å². The highest BCUT2D eigenvalue weighted by Crippen LogP contribution is 2.34. The first-order valence-electron chi connectivity index (χ1n) is 10.1. The van der Waals surface area contributed by atoms with Crippen LogP contribution in [0, 0.1) is 0 Å². The van der Waals surface area contributed by atoms with Crippen molar-refractivity contribution in [2.24, 2.45) is 5.10 Å². The number of carbonyl (C=O) groups excluding carboxylic acids is 1. The number of hydrazone groups is 1. The highest BCUT2D eigenvalue weighted by molar-refractivity contribution is 7.16. The van der Waals surface area contributed by atoms with Gasteiger partial charge in [-0.3, -0.25) is 4.79 Å². The lowest BCUT2D eigenvalue weighted by Gasteiger charge is -2.22. The quantitative estimate of drug-likeness (QED) is 0.439. The lowest BCUT2D eigenvalue weighted by atomic mass is 9.98. The molecule has 4 aromatic rings.